The van der Waals surface area contributed by atoms with E-state index >= 15 is 0 Å². The molecule has 12 heteroatoms. The van der Waals surface area contributed by atoms with Crippen molar-refractivity contribution in [1.82, 2.24) is 14.9 Å². The minimum absolute atomic E-state index is 0.00942. The van der Waals surface area contributed by atoms with E-state index in [0.29, 0.717) is 26.5 Å². The van der Waals surface area contributed by atoms with Gasteiger partial charge in [-0.3, -0.25) is 4.79 Å². The van der Waals surface area contributed by atoms with Gasteiger partial charge in [0, 0.05) is 16.3 Å². The molecule has 3 rings (SSSR count). The average Bonchev–Trinajstić information content (AvgIpc) is 3.02. The first-order valence-corrected chi connectivity index (χ1v) is 9.79. The highest BCUT2D eigenvalue weighted by atomic mass is 35.5. The van der Waals surface area contributed by atoms with Crippen LogP contribution >= 0.6 is 35.0 Å². The maximum Gasteiger partial charge on any atom is 0.264 e. The van der Waals surface area contributed by atoms with E-state index < -0.39 is 5.82 Å². The van der Waals surface area contributed by atoms with Crippen LogP contribution in [0.3, 0.4) is 0 Å². The lowest BCUT2D eigenvalue weighted by Crippen LogP contribution is -2.17. The summed E-state index contributed by atoms with van der Waals surface area (Å²) in [6.07, 6.45) is 1.48. The number of hydrazone groups is 1. The number of hydrogen-bond donors (Lipinski definition) is 3. The monoisotopic (exact) mass is 453 g/mol. The third-order valence-electron chi connectivity index (χ3n) is 3.44. The SMILES string of the molecule is Nn1c(N/N=C/c2ccc(Cl)cc2Cl)nnc1SCC(=O)Nc1cccc(F)c1. The molecule has 0 saturated heterocycles. The fourth-order valence-electron chi connectivity index (χ4n) is 2.11. The number of rotatable bonds is 7. The van der Waals surface area contributed by atoms with Gasteiger partial charge in [0.05, 0.1) is 17.0 Å². The molecule has 0 aliphatic heterocycles. The molecule has 150 valence electrons. The van der Waals surface area contributed by atoms with E-state index in [-0.39, 0.29) is 17.6 Å². The molecule has 0 aliphatic carbocycles. The zero-order chi connectivity index (χ0) is 20.8. The second-order valence-electron chi connectivity index (χ2n) is 5.56. The van der Waals surface area contributed by atoms with Crippen LogP contribution in [0.15, 0.2) is 52.7 Å². The zero-order valence-electron chi connectivity index (χ0n) is 14.6. The van der Waals surface area contributed by atoms with Crippen molar-refractivity contribution in [3.05, 3.63) is 63.9 Å². The molecule has 1 heterocycles. The van der Waals surface area contributed by atoms with Crippen LogP contribution in [0.25, 0.3) is 0 Å². The molecule has 29 heavy (non-hydrogen) atoms. The number of anilines is 2. The maximum atomic E-state index is 13.1. The molecule has 1 aromatic heterocycles. The maximum absolute atomic E-state index is 13.1. The van der Waals surface area contributed by atoms with Crippen LogP contribution in [0, 0.1) is 5.82 Å². The Morgan fingerprint density at radius 1 is 1.28 bits per heavy atom. The molecule has 0 unspecified atom stereocenters. The van der Waals surface area contributed by atoms with Crippen molar-refractivity contribution in [1.29, 1.82) is 0 Å². The highest BCUT2D eigenvalue weighted by molar-refractivity contribution is 7.99. The summed E-state index contributed by atoms with van der Waals surface area (Å²) in [6, 6.07) is 10.6. The molecule has 0 spiro atoms. The average molecular weight is 454 g/mol. The molecule has 2 aromatic carbocycles. The van der Waals surface area contributed by atoms with Crippen LogP contribution in [-0.4, -0.2) is 32.7 Å². The van der Waals surface area contributed by atoms with Gasteiger partial charge in [-0.1, -0.05) is 47.1 Å². The molecular weight excluding hydrogens is 440 g/mol. The molecule has 0 radical (unpaired) electrons. The van der Waals surface area contributed by atoms with Crippen LogP contribution < -0.4 is 16.6 Å². The summed E-state index contributed by atoms with van der Waals surface area (Å²) in [7, 11) is 0. The normalized spacial score (nSPS) is 11.0. The number of nitrogens with zero attached hydrogens (tertiary/aromatic N) is 4. The van der Waals surface area contributed by atoms with Crippen LogP contribution in [0.4, 0.5) is 16.0 Å². The predicted molar refractivity (Wildman–Crippen MR) is 114 cm³/mol. The van der Waals surface area contributed by atoms with E-state index in [2.05, 4.69) is 26.0 Å². The summed E-state index contributed by atoms with van der Waals surface area (Å²) >= 11 is 13.0. The number of halogens is 3. The molecular formula is C17H14Cl2FN7OS. The lowest BCUT2D eigenvalue weighted by atomic mass is 10.2. The van der Waals surface area contributed by atoms with Crippen molar-refractivity contribution in [2.75, 3.05) is 22.3 Å². The summed E-state index contributed by atoms with van der Waals surface area (Å²) in [5, 5.41) is 15.6. The smallest absolute Gasteiger partial charge is 0.264 e. The fourth-order valence-corrected chi connectivity index (χ4v) is 3.22. The Hall–Kier alpha value is -2.82. The first kappa shape index (κ1) is 20.9. The van der Waals surface area contributed by atoms with Gasteiger partial charge in [-0.05, 0) is 30.3 Å². The number of hydrogen-bond acceptors (Lipinski definition) is 7. The molecule has 0 aliphatic rings. The van der Waals surface area contributed by atoms with E-state index in [0.717, 1.165) is 16.4 Å². The second kappa shape index (κ2) is 9.59. The lowest BCUT2D eigenvalue weighted by molar-refractivity contribution is -0.113. The van der Waals surface area contributed by atoms with Crippen molar-refractivity contribution >= 4 is 58.7 Å². The highest BCUT2D eigenvalue weighted by Crippen LogP contribution is 2.20. The summed E-state index contributed by atoms with van der Waals surface area (Å²) in [6.45, 7) is 0. The minimum atomic E-state index is -0.437. The summed E-state index contributed by atoms with van der Waals surface area (Å²) < 4.78 is 14.3. The van der Waals surface area contributed by atoms with Gasteiger partial charge >= 0.3 is 0 Å². The van der Waals surface area contributed by atoms with E-state index in [9.17, 15) is 9.18 Å². The van der Waals surface area contributed by atoms with Crippen molar-refractivity contribution in [3.8, 4) is 0 Å². The van der Waals surface area contributed by atoms with Gasteiger partial charge in [-0.15, -0.1) is 10.2 Å². The third-order valence-corrected chi connectivity index (χ3v) is 4.94. The van der Waals surface area contributed by atoms with Crippen LogP contribution in [-0.2, 0) is 4.79 Å². The third kappa shape index (κ3) is 5.83. The molecule has 0 bridgehead atoms. The number of carbonyl (C=O) groups excluding carboxylic acids is 1. The van der Waals surface area contributed by atoms with Crippen molar-refractivity contribution in [2.24, 2.45) is 5.10 Å². The van der Waals surface area contributed by atoms with Gasteiger partial charge in [0.25, 0.3) is 5.95 Å². The molecule has 0 saturated carbocycles. The fraction of sp³-hybridized carbons (Fsp3) is 0.0588. The molecule has 1 amide bonds. The number of benzene rings is 2. The Labute approximate surface area is 179 Å². The number of amides is 1. The molecule has 0 fully saturated rings. The van der Waals surface area contributed by atoms with E-state index in [4.69, 9.17) is 29.0 Å². The Kier molecular flexibility index (Phi) is 6.91. The first-order chi connectivity index (χ1) is 13.9. The standard InChI is InChI=1S/C17H14Cl2FN7OS/c18-11-5-4-10(14(19)6-11)8-22-24-16-25-26-17(27(16)21)29-9-15(28)23-13-3-1-2-12(20)7-13/h1-8H,9,21H2,(H,23,28)(H,24,25)/b22-8+. The molecule has 3 aromatic rings. The highest BCUT2D eigenvalue weighted by Gasteiger charge is 2.12. The molecule has 0 atom stereocenters. The quantitative estimate of drug-likeness (QED) is 0.218. The Morgan fingerprint density at radius 2 is 2.10 bits per heavy atom. The minimum Gasteiger partial charge on any atom is -0.334 e. The summed E-state index contributed by atoms with van der Waals surface area (Å²) in [4.78, 5) is 12.0. The number of nitrogen functional groups attached to an aromatic ring is 1. The summed E-state index contributed by atoms with van der Waals surface area (Å²) in [5.41, 5.74) is 3.66. The van der Waals surface area contributed by atoms with Crippen LogP contribution in [0.2, 0.25) is 10.0 Å². The number of carbonyl (C=O) groups is 1. The number of aromatic nitrogens is 3. The molecule has 4 N–H and O–H groups in total. The van der Waals surface area contributed by atoms with Crippen molar-refractivity contribution < 1.29 is 9.18 Å². The number of nitrogens with two attached hydrogens (primary N) is 1. The molecule has 8 nitrogen and oxygen atoms in total. The summed E-state index contributed by atoms with van der Waals surface area (Å²) in [5.74, 6) is 5.30. The number of thioether (sulfide) groups is 1. The largest absolute Gasteiger partial charge is 0.334 e. The second-order valence-corrected chi connectivity index (χ2v) is 7.35. The Morgan fingerprint density at radius 3 is 2.86 bits per heavy atom. The van der Waals surface area contributed by atoms with Crippen LogP contribution in [0.1, 0.15) is 5.56 Å². The Bertz CT molecular complexity index is 1060. The van der Waals surface area contributed by atoms with Gasteiger partial charge < -0.3 is 11.2 Å². The first-order valence-electron chi connectivity index (χ1n) is 8.05. The predicted octanol–water partition coefficient (Wildman–Crippen LogP) is 3.61. The topological polar surface area (TPSA) is 110 Å². The van der Waals surface area contributed by atoms with Gasteiger partial charge in [0.2, 0.25) is 11.1 Å². The van der Waals surface area contributed by atoms with Gasteiger partial charge in [0.15, 0.2) is 0 Å². The van der Waals surface area contributed by atoms with E-state index in [1.165, 1.54) is 24.4 Å². The van der Waals surface area contributed by atoms with Gasteiger partial charge in [-0.25, -0.2) is 14.5 Å². The van der Waals surface area contributed by atoms with E-state index in [1.54, 1.807) is 24.3 Å². The van der Waals surface area contributed by atoms with Crippen molar-refractivity contribution in [2.45, 2.75) is 5.16 Å². The van der Waals surface area contributed by atoms with Gasteiger partial charge in [-0.2, -0.15) is 5.10 Å². The van der Waals surface area contributed by atoms with E-state index in [1.807, 2.05) is 0 Å². The Balaban J connectivity index is 1.55. The zero-order valence-corrected chi connectivity index (χ0v) is 17.0. The van der Waals surface area contributed by atoms with Crippen LogP contribution in [0.5, 0.6) is 0 Å². The lowest BCUT2D eigenvalue weighted by Gasteiger charge is -2.05. The van der Waals surface area contributed by atoms with Gasteiger partial charge in [0.1, 0.15) is 5.82 Å². The number of nitrogens with one attached hydrogen (secondary N) is 2. The van der Waals surface area contributed by atoms with Crippen molar-refractivity contribution in [3.63, 3.8) is 0 Å².